The molecule has 0 spiro atoms. The number of benzene rings is 2. The van der Waals surface area contributed by atoms with Crippen molar-refractivity contribution in [2.75, 3.05) is 88.6 Å². The summed E-state index contributed by atoms with van der Waals surface area (Å²) in [5, 5.41) is 14.1. The monoisotopic (exact) mass is 627 g/mol. The number of likely N-dealkylation sites (N-methyl/N-ethyl adjacent to an activating group) is 1. The first kappa shape index (κ1) is 31.6. The molecule has 12 nitrogen and oxygen atoms in total. The van der Waals surface area contributed by atoms with E-state index >= 15 is 0 Å². The molecule has 2 aliphatic heterocycles. The van der Waals surface area contributed by atoms with Gasteiger partial charge in [0.15, 0.2) is 11.5 Å². The number of aromatic nitrogens is 3. The average molecular weight is 628 g/mol. The number of nitrogen functional groups attached to an aromatic ring is 1. The van der Waals surface area contributed by atoms with E-state index in [9.17, 15) is 14.0 Å². The second kappa shape index (κ2) is 14.3. The molecule has 2 saturated heterocycles. The van der Waals surface area contributed by atoms with E-state index in [1.54, 1.807) is 12.3 Å². The Morgan fingerprint density at radius 1 is 1.09 bits per heavy atom. The summed E-state index contributed by atoms with van der Waals surface area (Å²) in [7, 11) is 2.08. The smallest absolute Gasteiger partial charge is 0.273 e. The van der Waals surface area contributed by atoms with Crippen molar-refractivity contribution in [1.29, 1.82) is 0 Å². The molecule has 14 heteroatoms. The van der Waals surface area contributed by atoms with Crippen LogP contribution >= 0.6 is 11.6 Å². The van der Waals surface area contributed by atoms with Crippen LogP contribution in [0.4, 0.5) is 21.5 Å². The molecular formula is C30H39ClFN9O3. The SMILES string of the molecule is Cc1c(F)c(N)cc(C(=O)Nc2cc(-n3cc(C(=O)NCCCN4CCOCC4)nn3)ccc2N2CCCN(C)CC2)c1Cl. The largest absolute Gasteiger partial charge is 0.396 e. The van der Waals surface area contributed by atoms with E-state index in [1.807, 2.05) is 12.1 Å². The second-order valence-corrected chi connectivity index (χ2v) is 11.6. The predicted molar refractivity (Wildman–Crippen MR) is 168 cm³/mol. The van der Waals surface area contributed by atoms with Gasteiger partial charge in [0.25, 0.3) is 11.8 Å². The van der Waals surface area contributed by atoms with E-state index in [-0.39, 0.29) is 33.4 Å². The zero-order valence-corrected chi connectivity index (χ0v) is 25.9. The maximum absolute atomic E-state index is 14.3. The van der Waals surface area contributed by atoms with Gasteiger partial charge in [0, 0.05) is 44.8 Å². The molecule has 44 heavy (non-hydrogen) atoms. The molecule has 0 unspecified atom stereocenters. The lowest BCUT2D eigenvalue weighted by Crippen LogP contribution is -2.38. The van der Waals surface area contributed by atoms with E-state index in [4.69, 9.17) is 22.1 Å². The predicted octanol–water partition coefficient (Wildman–Crippen LogP) is 2.80. The molecule has 0 bridgehead atoms. The lowest BCUT2D eigenvalue weighted by Gasteiger charge is -2.26. The van der Waals surface area contributed by atoms with Crippen LogP contribution in [0.2, 0.25) is 5.02 Å². The van der Waals surface area contributed by atoms with E-state index < -0.39 is 11.7 Å². The molecule has 0 aliphatic carbocycles. The summed E-state index contributed by atoms with van der Waals surface area (Å²) < 4.78 is 21.2. The van der Waals surface area contributed by atoms with Crippen LogP contribution in [0, 0.1) is 12.7 Å². The van der Waals surface area contributed by atoms with Gasteiger partial charge in [-0.25, -0.2) is 9.07 Å². The summed E-state index contributed by atoms with van der Waals surface area (Å²) in [5.41, 5.74) is 7.95. The lowest BCUT2D eigenvalue weighted by atomic mass is 10.1. The highest BCUT2D eigenvalue weighted by atomic mass is 35.5. The van der Waals surface area contributed by atoms with E-state index in [0.717, 1.165) is 77.6 Å². The maximum atomic E-state index is 14.3. The number of nitrogens with two attached hydrogens (primary N) is 1. The molecule has 5 rings (SSSR count). The highest BCUT2D eigenvalue weighted by Gasteiger charge is 2.22. The Kier molecular flexibility index (Phi) is 10.3. The number of rotatable bonds is 9. The molecule has 0 radical (unpaired) electrons. The first-order valence-electron chi connectivity index (χ1n) is 14.8. The van der Waals surface area contributed by atoms with Gasteiger partial charge in [-0.05, 0) is 64.2 Å². The van der Waals surface area contributed by atoms with Crippen molar-refractivity contribution >= 4 is 40.5 Å². The third-order valence-corrected chi connectivity index (χ3v) is 8.50. The van der Waals surface area contributed by atoms with Crippen LogP contribution in [-0.4, -0.2) is 109 Å². The van der Waals surface area contributed by atoms with E-state index in [2.05, 4.69) is 42.7 Å². The number of hydrogen-bond acceptors (Lipinski definition) is 9. The molecule has 1 aromatic heterocycles. The van der Waals surface area contributed by atoms with Crippen molar-refractivity contribution in [1.82, 2.24) is 30.1 Å². The minimum atomic E-state index is -0.647. The van der Waals surface area contributed by atoms with Gasteiger partial charge in [-0.15, -0.1) is 5.10 Å². The van der Waals surface area contributed by atoms with E-state index in [0.29, 0.717) is 17.9 Å². The fourth-order valence-electron chi connectivity index (χ4n) is 5.40. The fourth-order valence-corrected chi connectivity index (χ4v) is 5.62. The Bertz CT molecular complexity index is 1490. The summed E-state index contributed by atoms with van der Waals surface area (Å²) in [6, 6.07) is 6.79. The van der Waals surface area contributed by atoms with Crippen molar-refractivity contribution in [3.05, 3.63) is 58.1 Å². The highest BCUT2D eigenvalue weighted by Crippen LogP contribution is 2.32. The number of ether oxygens (including phenoxy) is 1. The third-order valence-electron chi connectivity index (χ3n) is 8.01. The van der Waals surface area contributed by atoms with Crippen LogP contribution in [0.15, 0.2) is 30.5 Å². The molecule has 2 aliphatic rings. The number of hydrogen-bond donors (Lipinski definition) is 3. The Morgan fingerprint density at radius 2 is 1.89 bits per heavy atom. The Balaban J connectivity index is 1.34. The summed E-state index contributed by atoms with van der Waals surface area (Å²) in [5.74, 6) is -1.48. The molecule has 4 N–H and O–H groups in total. The molecule has 3 aromatic rings. The molecule has 236 valence electrons. The molecule has 2 fully saturated rings. The summed E-state index contributed by atoms with van der Waals surface area (Å²) in [6.07, 6.45) is 3.33. The number of halogens is 2. The Morgan fingerprint density at radius 3 is 2.68 bits per heavy atom. The van der Waals surface area contributed by atoms with Crippen molar-refractivity contribution in [2.45, 2.75) is 19.8 Å². The Labute approximate surface area is 261 Å². The van der Waals surface area contributed by atoms with Crippen LogP contribution in [-0.2, 0) is 4.74 Å². The van der Waals surface area contributed by atoms with Gasteiger partial charge in [0.2, 0.25) is 0 Å². The number of morpholine rings is 1. The molecule has 0 saturated carbocycles. The van der Waals surface area contributed by atoms with Crippen molar-refractivity contribution in [3.63, 3.8) is 0 Å². The van der Waals surface area contributed by atoms with Gasteiger partial charge in [-0.1, -0.05) is 16.8 Å². The number of anilines is 3. The van der Waals surface area contributed by atoms with Gasteiger partial charge >= 0.3 is 0 Å². The fraction of sp³-hybridized carbons (Fsp3) is 0.467. The van der Waals surface area contributed by atoms with Crippen LogP contribution in [0.3, 0.4) is 0 Å². The molecule has 2 amide bonds. The number of carbonyl (C=O) groups is 2. The van der Waals surface area contributed by atoms with Gasteiger partial charge in [0.1, 0.15) is 0 Å². The zero-order valence-electron chi connectivity index (χ0n) is 25.1. The number of amides is 2. The Hall–Kier alpha value is -3.78. The van der Waals surface area contributed by atoms with Gasteiger partial charge < -0.3 is 30.9 Å². The number of carbonyl (C=O) groups excluding carboxylic acids is 2. The first-order chi connectivity index (χ1) is 21.2. The van der Waals surface area contributed by atoms with Crippen molar-refractivity contribution in [3.8, 4) is 5.69 Å². The van der Waals surface area contributed by atoms with Gasteiger partial charge in [0.05, 0.1) is 52.7 Å². The third kappa shape index (κ3) is 7.46. The van der Waals surface area contributed by atoms with Crippen molar-refractivity contribution < 1.29 is 18.7 Å². The van der Waals surface area contributed by atoms with Crippen LogP contribution in [0.5, 0.6) is 0 Å². The maximum Gasteiger partial charge on any atom is 0.273 e. The standard InChI is InChI=1S/C30H39ClFN9O3/c1-20-27(31)22(18-23(33)28(20)32)29(42)35-24-17-21(5-6-26(24)40-10-4-8-38(2)11-12-40)41-19-25(36-37-41)30(43)34-7-3-9-39-13-15-44-16-14-39/h5-6,17-19H,3-4,7-16,33H2,1-2H3,(H,34,43)(H,35,42). The van der Waals surface area contributed by atoms with Crippen LogP contribution in [0.25, 0.3) is 5.69 Å². The lowest BCUT2D eigenvalue weighted by molar-refractivity contribution is 0.0374. The molecule has 0 atom stereocenters. The van der Waals surface area contributed by atoms with Gasteiger partial charge in [-0.3, -0.25) is 14.5 Å². The minimum absolute atomic E-state index is 0.000164. The quantitative estimate of drug-likeness (QED) is 0.242. The first-order valence-corrected chi connectivity index (χ1v) is 15.2. The topological polar surface area (TPSA) is 134 Å². The van der Waals surface area contributed by atoms with E-state index in [1.165, 1.54) is 17.7 Å². The minimum Gasteiger partial charge on any atom is -0.396 e. The highest BCUT2D eigenvalue weighted by molar-refractivity contribution is 6.35. The van der Waals surface area contributed by atoms with Gasteiger partial charge in [-0.2, -0.15) is 0 Å². The summed E-state index contributed by atoms with van der Waals surface area (Å²) in [4.78, 5) is 33.0. The average Bonchev–Trinajstić information content (AvgIpc) is 3.43. The van der Waals surface area contributed by atoms with Crippen molar-refractivity contribution in [2.24, 2.45) is 0 Å². The molecular weight excluding hydrogens is 589 g/mol. The summed E-state index contributed by atoms with van der Waals surface area (Å²) in [6.45, 7) is 9.58. The van der Waals surface area contributed by atoms with Crippen LogP contribution < -0.4 is 21.3 Å². The summed E-state index contributed by atoms with van der Waals surface area (Å²) >= 11 is 6.36. The number of nitrogens with zero attached hydrogens (tertiary/aromatic N) is 6. The molecule has 3 heterocycles. The molecule has 2 aromatic carbocycles. The van der Waals surface area contributed by atoms with Crippen LogP contribution in [0.1, 0.15) is 39.3 Å². The number of nitrogens with one attached hydrogen (secondary N) is 2. The normalized spacial score (nSPS) is 16.5. The second-order valence-electron chi connectivity index (χ2n) is 11.2. The zero-order chi connectivity index (χ0) is 31.2.